The second-order valence-electron chi connectivity index (χ2n) is 22.6. The molecule has 6 fully saturated rings. The van der Waals surface area contributed by atoms with E-state index in [9.17, 15) is 131 Å². The number of carboxylic acid groups (broad SMARTS) is 2. The number of aliphatic hydroxyl groups is 18. The van der Waals surface area contributed by atoms with Gasteiger partial charge < -0.3 is 176 Å². The zero-order chi connectivity index (χ0) is 68.0. The molecule has 6 aliphatic rings. The van der Waals surface area contributed by atoms with Crippen LogP contribution in [0.1, 0.15) is 40.5 Å². The summed E-state index contributed by atoms with van der Waals surface area (Å²) >= 11 is 0. The predicted molar refractivity (Wildman–Crippen MR) is 280 cm³/mol. The lowest BCUT2D eigenvalue weighted by molar-refractivity contribution is -0.400. The molecule has 91 heavy (non-hydrogen) atoms. The first-order valence-corrected chi connectivity index (χ1v) is 28.3. The van der Waals surface area contributed by atoms with Gasteiger partial charge >= 0.3 is 11.9 Å². The van der Waals surface area contributed by atoms with Crippen LogP contribution in [-0.4, -0.2) is 373 Å². The summed E-state index contributed by atoms with van der Waals surface area (Å²) in [4.78, 5) is 77.4. The van der Waals surface area contributed by atoms with Crippen molar-refractivity contribution in [2.24, 2.45) is 0 Å². The van der Waals surface area contributed by atoms with Crippen molar-refractivity contribution in [1.82, 2.24) is 21.3 Å². The van der Waals surface area contributed by atoms with E-state index in [0.29, 0.717) is 0 Å². The third-order valence-electron chi connectivity index (χ3n) is 16.0. The second kappa shape index (κ2) is 31.9. The Morgan fingerprint density at radius 3 is 1.34 bits per heavy atom. The predicted octanol–water partition coefficient (Wildman–Crippen LogP) is -15.1. The number of aliphatic hydroxyl groups excluding tert-OH is 18. The molecule has 6 saturated heterocycles. The quantitative estimate of drug-likeness (QED) is 0.0382. The van der Waals surface area contributed by atoms with Gasteiger partial charge in [-0.1, -0.05) is 0 Å². The van der Waals surface area contributed by atoms with Gasteiger partial charge in [-0.2, -0.15) is 0 Å². The van der Waals surface area contributed by atoms with E-state index in [1.54, 1.807) is 0 Å². The summed E-state index contributed by atoms with van der Waals surface area (Å²) in [7, 11) is 0. The zero-order valence-corrected chi connectivity index (χ0v) is 48.9. The largest absolute Gasteiger partial charge is 0.477 e. The Hall–Kier alpha value is -4.34. The zero-order valence-electron chi connectivity index (χ0n) is 48.9. The monoisotopic (exact) mass is 1330 g/mol. The van der Waals surface area contributed by atoms with E-state index in [-0.39, 0.29) is 0 Å². The first-order chi connectivity index (χ1) is 42.6. The van der Waals surface area contributed by atoms with Crippen LogP contribution in [-0.2, 0) is 80.9 Å². The Kier molecular flexibility index (Phi) is 26.6. The van der Waals surface area contributed by atoms with Crippen LogP contribution >= 0.6 is 0 Å². The van der Waals surface area contributed by atoms with Crippen LogP contribution in [0.15, 0.2) is 0 Å². The maximum absolute atomic E-state index is 13.7. The minimum absolute atomic E-state index is 0.858. The van der Waals surface area contributed by atoms with E-state index in [1.165, 1.54) is 0 Å². The van der Waals surface area contributed by atoms with Crippen LogP contribution in [0.3, 0.4) is 0 Å². The maximum atomic E-state index is 13.7. The summed E-state index contributed by atoms with van der Waals surface area (Å²) in [5.41, 5.74) is 0. The molecule has 0 saturated carbocycles. The maximum Gasteiger partial charge on any atom is 0.364 e. The highest BCUT2D eigenvalue weighted by Crippen LogP contribution is 2.42. The fraction of sp³-hybridized carbons (Fsp3) is 0.880. The van der Waals surface area contributed by atoms with E-state index in [4.69, 9.17) is 52.1 Å². The molecule has 0 aliphatic carbocycles. The normalized spacial score (nSPS) is 43.5. The molecular formula is C50H82N4O37. The number of hydrogen-bond donors (Lipinski definition) is 24. The summed E-state index contributed by atoms with van der Waals surface area (Å²) < 4.78 is 64.5. The number of ether oxygens (including phenoxy) is 11. The van der Waals surface area contributed by atoms with Gasteiger partial charge in [0.05, 0.1) is 63.9 Å². The van der Waals surface area contributed by atoms with Gasteiger partial charge in [0.2, 0.25) is 23.6 Å². The van der Waals surface area contributed by atoms with Gasteiger partial charge in [-0.25, -0.2) is 9.59 Å². The average Bonchev–Trinajstić information content (AvgIpc) is 0.797. The SMILES string of the molecule is CC(=O)N[C@H]1[C@H](O[C@@H]2[C@H](O[C@]3(C(=O)O)C[C@H](O)[C@@H](NC(C)=O)[C@H]([C@H](O)[C@H](O)CO)O3)[C@@H](O)[C@H](O[C@H]3[C@H](O)[C@@H](CO[C@]4(C(=O)O)C[C@H](O)[C@@H](NC(C)=O)[C@H]([C@H](O)[C@H](O)CO)O4)O[C@@H](O[C@H]4[C@@H](O)[C@@H](CO)OC(O)[C@@H]4O)[C@@H]3NC(C)=O)O[C@@H]2CO)O[C@H](CO)[C@H](O)[C@@H]1O. The highest BCUT2D eigenvalue weighted by molar-refractivity contribution is 5.77. The lowest BCUT2D eigenvalue weighted by atomic mass is 9.88. The Morgan fingerprint density at radius 1 is 0.451 bits per heavy atom. The van der Waals surface area contributed by atoms with E-state index >= 15 is 0 Å². The van der Waals surface area contributed by atoms with Crippen molar-refractivity contribution in [2.75, 3.05) is 39.6 Å². The number of carboxylic acids is 2. The standard InChI is InChI=1S/C50H82N4O37/c1-13(60)51-25-17(64)5-49(47(77)78,89-39(25)29(68)19(66)7-55)81-12-24-33(72)38(28(54-16(4)63)45(85-24)88-41-32(71)22(10-58)82-43(76)35(41)74)87-46-36(75)42(37(23(11-59)84-46)86-44-27(53-15(3)62)34(73)31(70)21(9-57)83-44)91-50(48(79)80)6-18(65)26(52-14(2)61)40(90-50)30(69)20(67)8-56/h17-46,55-59,64-76H,5-12H2,1-4H3,(H,51,60)(H,52,61)(H,53,62)(H,54,63)(H,77,78)(H,79,80)/t17-,18-,19+,20+,21+,22+,23+,24+,25+,26+,27+,28+,29+,30+,31-,32-,33+,34+,35+,36+,37-,38+,39+,40+,41-,42+,43?,44-,45-,46-,49+,50-/m0/s1. The Labute approximate surface area is 514 Å². The molecule has 0 spiro atoms. The van der Waals surface area contributed by atoms with E-state index < -0.39 is 283 Å². The van der Waals surface area contributed by atoms with Crippen LogP contribution in [0.4, 0.5) is 0 Å². The molecule has 1 unspecified atom stereocenters. The van der Waals surface area contributed by atoms with E-state index in [1.807, 2.05) is 0 Å². The molecule has 0 aromatic carbocycles. The van der Waals surface area contributed by atoms with Crippen molar-refractivity contribution < 1.29 is 183 Å². The third kappa shape index (κ3) is 16.8. The molecule has 41 nitrogen and oxygen atoms in total. The van der Waals surface area contributed by atoms with Gasteiger partial charge in [0.1, 0.15) is 134 Å². The molecule has 4 amide bonds. The van der Waals surface area contributed by atoms with Crippen LogP contribution in [0.25, 0.3) is 0 Å². The highest BCUT2D eigenvalue weighted by atomic mass is 16.8. The summed E-state index contributed by atoms with van der Waals surface area (Å²) in [5, 5.41) is 228. The molecular weight excluding hydrogens is 1250 g/mol. The topological polar surface area (TPSA) is 657 Å². The highest BCUT2D eigenvalue weighted by Gasteiger charge is 2.63. The van der Waals surface area contributed by atoms with Crippen molar-refractivity contribution in [3.05, 3.63) is 0 Å². The number of amides is 4. The minimum atomic E-state index is -3.49. The summed E-state index contributed by atoms with van der Waals surface area (Å²) in [5.74, 6) is -14.8. The Bertz CT molecular complexity index is 2450. The summed E-state index contributed by atoms with van der Waals surface area (Å²) in [6.45, 7) is -3.62. The number of hydrogen-bond acceptors (Lipinski definition) is 35. The van der Waals surface area contributed by atoms with Gasteiger partial charge in [0, 0.05) is 40.5 Å². The summed E-state index contributed by atoms with van der Waals surface area (Å²) in [6.07, 6.45) is -60.7. The molecule has 6 aliphatic heterocycles. The lowest BCUT2D eigenvalue weighted by Crippen LogP contribution is -2.72. The van der Waals surface area contributed by atoms with Crippen molar-refractivity contribution in [3.8, 4) is 0 Å². The van der Waals surface area contributed by atoms with Gasteiger partial charge in [0.25, 0.3) is 11.6 Å². The van der Waals surface area contributed by atoms with Crippen LogP contribution in [0.5, 0.6) is 0 Å². The smallest absolute Gasteiger partial charge is 0.364 e. The number of aliphatic carboxylic acids is 2. The van der Waals surface area contributed by atoms with Gasteiger partial charge in [0.15, 0.2) is 25.2 Å². The number of carbonyl (C=O) groups excluding carboxylic acids is 4. The van der Waals surface area contributed by atoms with Crippen molar-refractivity contribution in [1.29, 1.82) is 0 Å². The lowest BCUT2D eigenvalue weighted by Gasteiger charge is -2.53. The van der Waals surface area contributed by atoms with Gasteiger partial charge in [-0.3, -0.25) is 19.2 Å². The molecule has 0 bridgehead atoms. The first kappa shape index (κ1) is 75.7. The average molecular weight is 1330 g/mol. The number of nitrogens with one attached hydrogen (secondary N) is 4. The molecule has 0 aromatic heterocycles. The molecule has 0 aromatic rings. The molecule has 24 N–H and O–H groups in total. The number of rotatable bonds is 26. The summed E-state index contributed by atoms with van der Waals surface area (Å²) in [6, 6.07) is -7.58. The first-order valence-electron chi connectivity index (χ1n) is 28.3. The molecule has 41 heteroatoms. The molecule has 524 valence electrons. The van der Waals surface area contributed by atoms with Crippen molar-refractivity contribution in [2.45, 2.75) is 236 Å². The second-order valence-corrected chi connectivity index (χ2v) is 22.6. The van der Waals surface area contributed by atoms with Crippen molar-refractivity contribution >= 4 is 35.6 Å². The molecule has 6 heterocycles. The minimum Gasteiger partial charge on any atom is -0.477 e. The van der Waals surface area contributed by atoms with Crippen LogP contribution in [0, 0.1) is 0 Å². The number of carbonyl (C=O) groups is 6. The van der Waals surface area contributed by atoms with Crippen LogP contribution in [0.2, 0.25) is 0 Å². The van der Waals surface area contributed by atoms with E-state index in [0.717, 1.165) is 27.7 Å². The molecule has 32 atom stereocenters. The molecule has 0 radical (unpaired) electrons. The van der Waals surface area contributed by atoms with Crippen LogP contribution < -0.4 is 21.3 Å². The van der Waals surface area contributed by atoms with Crippen molar-refractivity contribution in [3.63, 3.8) is 0 Å². The Morgan fingerprint density at radius 2 is 0.857 bits per heavy atom. The fourth-order valence-corrected chi connectivity index (χ4v) is 11.4. The van der Waals surface area contributed by atoms with Gasteiger partial charge in [-0.15, -0.1) is 0 Å². The fourth-order valence-electron chi connectivity index (χ4n) is 11.4. The van der Waals surface area contributed by atoms with E-state index in [2.05, 4.69) is 21.3 Å². The van der Waals surface area contributed by atoms with Gasteiger partial charge in [-0.05, 0) is 0 Å². The third-order valence-corrected chi connectivity index (χ3v) is 16.0. The Balaban J connectivity index is 1.50. The molecule has 6 rings (SSSR count).